The summed E-state index contributed by atoms with van der Waals surface area (Å²) >= 11 is 2.22. The molecular formula is C9H17IO4. The minimum Gasteiger partial charge on any atom is -0.376 e. The lowest BCUT2D eigenvalue weighted by Crippen LogP contribution is -2.56. The van der Waals surface area contributed by atoms with Gasteiger partial charge in [-0.15, -0.1) is 0 Å². The number of hydrogen-bond donors (Lipinski definition) is 0. The van der Waals surface area contributed by atoms with Crippen molar-refractivity contribution in [2.75, 3.05) is 21.3 Å². The predicted octanol–water partition coefficient (Wildman–Crippen LogP) is 1.21. The summed E-state index contributed by atoms with van der Waals surface area (Å²) in [5, 5.41) is 0. The van der Waals surface area contributed by atoms with E-state index in [9.17, 15) is 0 Å². The highest BCUT2D eigenvalue weighted by Gasteiger charge is 2.44. The Morgan fingerprint density at radius 2 is 1.43 bits per heavy atom. The summed E-state index contributed by atoms with van der Waals surface area (Å²) in [6, 6.07) is 0. The molecule has 0 saturated carbocycles. The van der Waals surface area contributed by atoms with Crippen LogP contribution < -0.4 is 0 Å². The van der Waals surface area contributed by atoms with E-state index in [0.29, 0.717) is 0 Å². The zero-order chi connectivity index (χ0) is 10.7. The summed E-state index contributed by atoms with van der Waals surface area (Å²) < 4.78 is 21.8. The van der Waals surface area contributed by atoms with Crippen molar-refractivity contribution in [3.8, 4) is 0 Å². The standard InChI is InChI=1S/C9H17IO4/c1-5-6(11-2)7(12-3)8(13-4)9(10)14-5/h5-9H,1-4H3/t5-,6+,7+,8-,9?/m0/s1. The van der Waals surface area contributed by atoms with Gasteiger partial charge in [0.1, 0.15) is 22.4 Å². The largest absolute Gasteiger partial charge is 0.376 e. The van der Waals surface area contributed by atoms with Crippen molar-refractivity contribution in [3.63, 3.8) is 0 Å². The number of rotatable bonds is 3. The molecule has 1 rings (SSSR count). The Morgan fingerprint density at radius 1 is 0.929 bits per heavy atom. The maximum absolute atomic E-state index is 5.68. The molecule has 1 aliphatic heterocycles. The van der Waals surface area contributed by atoms with Crippen molar-refractivity contribution in [2.24, 2.45) is 0 Å². The molecule has 1 heterocycles. The van der Waals surface area contributed by atoms with Crippen LogP contribution in [0.25, 0.3) is 0 Å². The van der Waals surface area contributed by atoms with Gasteiger partial charge in [0.15, 0.2) is 0 Å². The first-order valence-corrected chi connectivity index (χ1v) is 5.78. The van der Waals surface area contributed by atoms with E-state index in [1.54, 1.807) is 21.3 Å². The minimum absolute atomic E-state index is 0.00366. The molecule has 1 aliphatic rings. The first-order valence-electron chi connectivity index (χ1n) is 4.53. The van der Waals surface area contributed by atoms with Crippen molar-refractivity contribution in [1.82, 2.24) is 0 Å². The fourth-order valence-electron chi connectivity index (χ4n) is 1.80. The number of methoxy groups -OCH3 is 3. The normalized spacial score (nSPS) is 43.9. The van der Waals surface area contributed by atoms with Gasteiger partial charge in [-0.1, -0.05) is 0 Å². The van der Waals surface area contributed by atoms with Crippen LogP contribution in [-0.2, 0) is 18.9 Å². The van der Waals surface area contributed by atoms with Crippen molar-refractivity contribution < 1.29 is 18.9 Å². The monoisotopic (exact) mass is 316 g/mol. The Labute approximate surface area is 98.4 Å². The van der Waals surface area contributed by atoms with Gasteiger partial charge in [-0.3, -0.25) is 0 Å². The van der Waals surface area contributed by atoms with E-state index in [1.165, 1.54) is 0 Å². The van der Waals surface area contributed by atoms with Crippen molar-refractivity contribution in [1.29, 1.82) is 0 Å². The summed E-state index contributed by atoms with van der Waals surface area (Å²) in [5.41, 5.74) is 0. The third-order valence-corrected chi connectivity index (χ3v) is 3.53. The topological polar surface area (TPSA) is 36.9 Å². The summed E-state index contributed by atoms with van der Waals surface area (Å²) in [6.45, 7) is 1.98. The number of alkyl halides is 1. The van der Waals surface area contributed by atoms with Gasteiger partial charge < -0.3 is 18.9 Å². The molecule has 4 nitrogen and oxygen atoms in total. The van der Waals surface area contributed by atoms with Crippen LogP contribution in [0, 0.1) is 0 Å². The van der Waals surface area contributed by atoms with Crippen molar-refractivity contribution >= 4 is 22.6 Å². The van der Waals surface area contributed by atoms with Gasteiger partial charge >= 0.3 is 0 Å². The molecule has 0 amide bonds. The minimum atomic E-state index is -0.0817. The lowest BCUT2D eigenvalue weighted by atomic mass is 10.0. The average molecular weight is 316 g/mol. The maximum atomic E-state index is 5.68. The van der Waals surface area contributed by atoms with Crippen LogP contribution in [0.2, 0.25) is 0 Å². The molecule has 0 radical (unpaired) electrons. The summed E-state index contributed by atoms with van der Waals surface area (Å²) in [6.07, 6.45) is -0.202. The Hall–Kier alpha value is 0.570. The van der Waals surface area contributed by atoms with Crippen LogP contribution in [0.4, 0.5) is 0 Å². The molecule has 0 aliphatic carbocycles. The highest BCUT2D eigenvalue weighted by Crippen LogP contribution is 2.29. The predicted molar refractivity (Wildman–Crippen MR) is 60.7 cm³/mol. The van der Waals surface area contributed by atoms with E-state index >= 15 is 0 Å². The highest BCUT2D eigenvalue weighted by atomic mass is 127. The number of ether oxygens (including phenoxy) is 4. The SMILES string of the molecule is CO[C@@H]1[C@H](OC)[C@H](C)OC(I)[C@H]1OC. The Balaban J connectivity index is 2.76. The summed E-state index contributed by atoms with van der Waals surface area (Å²) in [5.74, 6) is 0. The molecule has 1 saturated heterocycles. The molecule has 0 bridgehead atoms. The molecule has 5 heteroatoms. The first-order chi connectivity index (χ1) is 6.65. The molecular weight excluding hydrogens is 299 g/mol. The van der Waals surface area contributed by atoms with E-state index in [1.807, 2.05) is 6.92 Å². The Morgan fingerprint density at radius 3 is 1.86 bits per heavy atom. The van der Waals surface area contributed by atoms with Crippen LogP contribution in [0.3, 0.4) is 0 Å². The van der Waals surface area contributed by atoms with Gasteiger partial charge in [0.2, 0.25) is 0 Å². The smallest absolute Gasteiger partial charge is 0.137 e. The molecule has 1 fully saturated rings. The second-order valence-electron chi connectivity index (χ2n) is 3.29. The molecule has 0 aromatic carbocycles. The fraction of sp³-hybridized carbons (Fsp3) is 1.00. The molecule has 84 valence electrons. The fourth-order valence-corrected chi connectivity index (χ4v) is 2.96. The van der Waals surface area contributed by atoms with E-state index < -0.39 is 0 Å². The van der Waals surface area contributed by atoms with Gasteiger partial charge in [0.05, 0.1) is 6.10 Å². The molecule has 14 heavy (non-hydrogen) atoms. The van der Waals surface area contributed by atoms with Gasteiger partial charge in [-0.05, 0) is 29.5 Å². The molecule has 0 N–H and O–H groups in total. The number of hydrogen-bond acceptors (Lipinski definition) is 4. The lowest BCUT2D eigenvalue weighted by molar-refractivity contribution is -0.212. The lowest BCUT2D eigenvalue weighted by Gasteiger charge is -2.42. The van der Waals surface area contributed by atoms with Crippen LogP contribution in [-0.4, -0.2) is 49.9 Å². The van der Waals surface area contributed by atoms with Gasteiger partial charge in [0.25, 0.3) is 0 Å². The Bertz CT molecular complexity index is 162. The number of halogens is 1. The molecule has 0 aromatic rings. The van der Waals surface area contributed by atoms with E-state index in [-0.39, 0.29) is 28.5 Å². The zero-order valence-corrected chi connectivity index (χ0v) is 11.1. The third-order valence-electron chi connectivity index (χ3n) is 2.53. The van der Waals surface area contributed by atoms with Crippen molar-refractivity contribution in [3.05, 3.63) is 0 Å². The van der Waals surface area contributed by atoms with Crippen LogP contribution in [0.15, 0.2) is 0 Å². The van der Waals surface area contributed by atoms with Gasteiger partial charge in [0, 0.05) is 21.3 Å². The highest BCUT2D eigenvalue weighted by molar-refractivity contribution is 14.1. The molecule has 1 unspecified atom stereocenters. The van der Waals surface area contributed by atoms with Crippen LogP contribution in [0.1, 0.15) is 6.92 Å². The summed E-state index contributed by atoms with van der Waals surface area (Å²) in [7, 11) is 5.00. The van der Waals surface area contributed by atoms with E-state index in [0.717, 1.165) is 0 Å². The van der Waals surface area contributed by atoms with Gasteiger partial charge in [-0.25, -0.2) is 0 Å². The second-order valence-corrected chi connectivity index (χ2v) is 4.52. The second kappa shape index (κ2) is 5.60. The molecule has 5 atom stereocenters. The quantitative estimate of drug-likeness (QED) is 0.579. The molecule has 0 spiro atoms. The van der Waals surface area contributed by atoms with Crippen molar-refractivity contribution in [2.45, 2.75) is 35.5 Å². The third kappa shape index (κ3) is 2.38. The average Bonchev–Trinajstić information content (AvgIpc) is 2.16. The van der Waals surface area contributed by atoms with Gasteiger partial charge in [-0.2, -0.15) is 0 Å². The molecule has 0 aromatic heterocycles. The van der Waals surface area contributed by atoms with E-state index in [4.69, 9.17) is 18.9 Å². The first kappa shape index (κ1) is 12.6. The summed E-state index contributed by atoms with van der Waals surface area (Å²) in [4.78, 5) is 0. The zero-order valence-electron chi connectivity index (χ0n) is 8.90. The van der Waals surface area contributed by atoms with E-state index in [2.05, 4.69) is 22.6 Å². The van der Waals surface area contributed by atoms with Crippen LogP contribution >= 0.6 is 22.6 Å². The Kier molecular flexibility index (Phi) is 5.05. The van der Waals surface area contributed by atoms with Crippen LogP contribution in [0.5, 0.6) is 0 Å². The maximum Gasteiger partial charge on any atom is 0.137 e.